The number of esters is 1. The Labute approximate surface area is 188 Å². The van der Waals surface area contributed by atoms with E-state index in [9.17, 15) is 29.6 Å². The number of hydrogen-bond acceptors (Lipinski definition) is 8. The first-order valence-corrected chi connectivity index (χ1v) is 10.7. The van der Waals surface area contributed by atoms with Crippen molar-refractivity contribution in [2.75, 3.05) is 6.61 Å². The van der Waals surface area contributed by atoms with Crippen LogP contribution < -0.4 is 5.32 Å². The fraction of sp³-hybridized carbons (Fsp3) is 0.381. The van der Waals surface area contributed by atoms with Crippen LogP contribution in [-0.4, -0.2) is 50.7 Å². The molecule has 1 aromatic rings. The number of amides is 2. The smallest absolute Gasteiger partial charge is 0.356 e. The van der Waals surface area contributed by atoms with Crippen molar-refractivity contribution in [2.45, 2.75) is 45.2 Å². The summed E-state index contributed by atoms with van der Waals surface area (Å²) in [5.41, 5.74) is 1.65. The normalized spacial score (nSPS) is 19.8. The molecule has 0 aliphatic carbocycles. The fourth-order valence-corrected chi connectivity index (χ4v) is 4.86. The van der Waals surface area contributed by atoms with Crippen LogP contribution in [0.5, 0.6) is 0 Å². The maximum atomic E-state index is 12.9. The quantitative estimate of drug-likeness (QED) is 0.150. The largest absolute Gasteiger partial charge is 0.456 e. The van der Waals surface area contributed by atoms with Crippen LogP contribution in [0.2, 0.25) is 0 Å². The van der Waals surface area contributed by atoms with Crippen molar-refractivity contribution in [3.8, 4) is 0 Å². The maximum absolute atomic E-state index is 12.9. The predicted octanol–water partition coefficient (Wildman–Crippen LogP) is 1.99. The molecular formula is C21H23N3O7S. The van der Waals surface area contributed by atoms with Gasteiger partial charge in [-0.15, -0.1) is 11.8 Å². The van der Waals surface area contributed by atoms with Gasteiger partial charge in [0.25, 0.3) is 11.6 Å². The second-order valence-corrected chi connectivity index (χ2v) is 8.91. The Kier molecular flexibility index (Phi) is 6.99. The summed E-state index contributed by atoms with van der Waals surface area (Å²) in [5, 5.41) is 22.6. The van der Waals surface area contributed by atoms with Gasteiger partial charge >= 0.3 is 5.97 Å². The zero-order chi connectivity index (χ0) is 23.6. The van der Waals surface area contributed by atoms with Crippen molar-refractivity contribution < 1.29 is 29.2 Å². The summed E-state index contributed by atoms with van der Waals surface area (Å²) in [4.78, 5) is 49.3. The van der Waals surface area contributed by atoms with E-state index in [4.69, 9.17) is 4.74 Å². The number of aliphatic hydroxyl groups is 1. The van der Waals surface area contributed by atoms with E-state index in [2.05, 4.69) is 5.32 Å². The number of β-lactam (4-membered cyclic amide) rings is 1. The van der Waals surface area contributed by atoms with Gasteiger partial charge in [-0.1, -0.05) is 0 Å². The van der Waals surface area contributed by atoms with Crippen molar-refractivity contribution in [1.82, 2.24) is 10.2 Å². The molecule has 0 spiro atoms. The summed E-state index contributed by atoms with van der Waals surface area (Å²) in [6, 6.07) is 5.26. The molecule has 2 heterocycles. The van der Waals surface area contributed by atoms with Gasteiger partial charge in [-0.2, -0.15) is 0 Å². The van der Waals surface area contributed by atoms with Crippen molar-refractivity contribution in [1.29, 1.82) is 0 Å². The van der Waals surface area contributed by atoms with Crippen molar-refractivity contribution >= 4 is 35.2 Å². The van der Waals surface area contributed by atoms with Gasteiger partial charge in [-0.25, -0.2) is 4.79 Å². The van der Waals surface area contributed by atoms with Gasteiger partial charge in [-0.3, -0.25) is 24.6 Å². The van der Waals surface area contributed by atoms with Crippen molar-refractivity contribution in [3.05, 3.63) is 61.7 Å². The topological polar surface area (TPSA) is 139 Å². The van der Waals surface area contributed by atoms with Gasteiger partial charge in [0.2, 0.25) is 5.91 Å². The number of nitrogens with zero attached hydrogens (tertiary/aromatic N) is 2. The summed E-state index contributed by atoms with van der Waals surface area (Å²) in [6.07, 6.45) is 0.384. The van der Waals surface area contributed by atoms with E-state index in [0.29, 0.717) is 28.0 Å². The van der Waals surface area contributed by atoms with E-state index in [0.717, 1.165) is 0 Å². The highest BCUT2D eigenvalue weighted by molar-refractivity contribution is 8.03. The van der Waals surface area contributed by atoms with Crippen LogP contribution in [0.15, 0.2) is 46.0 Å². The zero-order valence-corrected chi connectivity index (χ0v) is 18.6. The minimum absolute atomic E-state index is 0.0724. The van der Waals surface area contributed by atoms with Crippen LogP contribution in [0, 0.1) is 10.1 Å². The van der Waals surface area contributed by atoms with Crippen LogP contribution >= 0.6 is 11.8 Å². The molecule has 170 valence electrons. The lowest BCUT2D eigenvalue weighted by Gasteiger charge is -2.39. The lowest BCUT2D eigenvalue weighted by atomic mass is 9.90. The number of nitro groups is 1. The third-order valence-corrected chi connectivity index (χ3v) is 6.23. The minimum atomic E-state index is -0.697. The number of ether oxygens (including phenoxy) is 1. The molecule has 3 rings (SSSR count). The number of benzene rings is 1. The molecule has 10 nitrogen and oxygen atoms in total. The van der Waals surface area contributed by atoms with Crippen molar-refractivity contribution in [2.24, 2.45) is 0 Å². The van der Waals surface area contributed by atoms with E-state index in [1.54, 1.807) is 13.8 Å². The summed E-state index contributed by atoms with van der Waals surface area (Å²) in [7, 11) is 0. The van der Waals surface area contributed by atoms with E-state index in [1.165, 1.54) is 47.9 Å². The number of carbonyl (C=O) groups excluding carboxylic acids is 3. The molecule has 2 unspecified atom stereocenters. The average molecular weight is 461 g/mol. The number of fused-ring (bicyclic) bond motifs is 1. The number of carbonyl (C=O) groups is 3. The summed E-state index contributed by atoms with van der Waals surface area (Å²) in [6.45, 7) is 4.45. The molecule has 1 saturated heterocycles. The molecular weight excluding hydrogens is 438 g/mol. The molecule has 0 aromatic heterocycles. The van der Waals surface area contributed by atoms with Gasteiger partial charge in [-0.05, 0) is 37.1 Å². The number of nitrogens with one attached hydrogen (secondary N) is 1. The Morgan fingerprint density at radius 2 is 2.00 bits per heavy atom. The summed E-state index contributed by atoms with van der Waals surface area (Å²) < 4.78 is 5.40. The van der Waals surface area contributed by atoms with E-state index in [1.807, 2.05) is 0 Å². The molecule has 2 aliphatic rings. The summed E-state index contributed by atoms with van der Waals surface area (Å²) >= 11 is 1.26. The number of rotatable bonds is 8. The van der Waals surface area contributed by atoms with Gasteiger partial charge in [0.15, 0.2) is 0 Å². The van der Waals surface area contributed by atoms with E-state index >= 15 is 0 Å². The first kappa shape index (κ1) is 23.5. The first-order valence-electron chi connectivity index (χ1n) is 9.85. The zero-order valence-electron chi connectivity index (χ0n) is 17.8. The second kappa shape index (κ2) is 9.53. The monoisotopic (exact) mass is 461 g/mol. The third-order valence-electron chi connectivity index (χ3n) is 5.11. The van der Waals surface area contributed by atoms with Crippen LogP contribution in [0.4, 0.5) is 5.69 Å². The molecule has 11 heteroatoms. The Balaban J connectivity index is 1.80. The second-order valence-electron chi connectivity index (χ2n) is 7.48. The minimum Gasteiger partial charge on any atom is -0.456 e. The van der Waals surface area contributed by atoms with Crippen molar-refractivity contribution in [3.63, 3.8) is 0 Å². The Hall–Kier alpha value is -3.18. The third kappa shape index (κ3) is 4.68. The predicted molar refractivity (Wildman–Crippen MR) is 116 cm³/mol. The number of non-ortho nitro benzene ring substituents is 1. The molecule has 0 bridgehead atoms. The average Bonchev–Trinajstić information content (AvgIpc) is 3.05. The van der Waals surface area contributed by atoms with Crippen LogP contribution in [0.3, 0.4) is 0 Å². The van der Waals surface area contributed by atoms with Gasteiger partial charge in [0, 0.05) is 36.0 Å². The van der Waals surface area contributed by atoms with Crippen LogP contribution in [0.1, 0.15) is 32.8 Å². The lowest BCUT2D eigenvalue weighted by Crippen LogP contribution is -2.53. The molecule has 2 amide bonds. The highest BCUT2D eigenvalue weighted by atomic mass is 32.2. The number of nitro benzene ring substituents is 1. The Morgan fingerprint density at radius 1 is 1.34 bits per heavy atom. The maximum Gasteiger partial charge on any atom is 0.356 e. The summed E-state index contributed by atoms with van der Waals surface area (Å²) in [5.74, 6) is -1.27. The number of hydrogen-bond donors (Lipinski definition) is 2. The highest BCUT2D eigenvalue weighted by Gasteiger charge is 2.52. The molecule has 0 saturated carbocycles. The SMILES string of the molecule is CC(=O)NC(C)SC1=C(C(=O)OCc2ccc([N+](=O)[O-])cc2)N2C(=O)/C(=C(\C)CO)C2C1. The molecule has 2 N–H and O–H groups in total. The van der Waals surface area contributed by atoms with Gasteiger partial charge in [0.05, 0.1) is 22.9 Å². The fourth-order valence-electron chi connectivity index (χ4n) is 3.66. The van der Waals surface area contributed by atoms with Crippen LogP contribution in [0.25, 0.3) is 0 Å². The Morgan fingerprint density at radius 3 is 2.56 bits per heavy atom. The molecule has 0 radical (unpaired) electrons. The van der Waals surface area contributed by atoms with E-state index < -0.39 is 10.9 Å². The highest BCUT2D eigenvalue weighted by Crippen LogP contribution is 2.47. The molecule has 1 aromatic carbocycles. The molecule has 1 fully saturated rings. The number of thioether (sulfide) groups is 1. The lowest BCUT2D eigenvalue weighted by molar-refractivity contribution is -0.384. The Bertz CT molecular complexity index is 1030. The van der Waals surface area contributed by atoms with E-state index in [-0.39, 0.29) is 47.8 Å². The number of aliphatic hydroxyl groups excluding tert-OH is 1. The first-order chi connectivity index (χ1) is 15.1. The van der Waals surface area contributed by atoms with Crippen LogP contribution in [-0.2, 0) is 25.7 Å². The standard InChI is InChI=1S/C21H23N3O7S/c1-11(9-25)18-16-8-17(32-13(3)22-12(2)26)19(23(16)20(18)27)21(28)31-10-14-4-6-15(7-5-14)24(29)30/h4-7,13,16,25H,8-10H2,1-3H3,(H,22,26)/b18-11+. The molecule has 32 heavy (non-hydrogen) atoms. The van der Waals surface area contributed by atoms with Gasteiger partial charge < -0.3 is 15.2 Å². The molecule has 2 aliphatic heterocycles. The molecule has 2 atom stereocenters. The van der Waals surface area contributed by atoms with Gasteiger partial charge in [0.1, 0.15) is 12.3 Å².